The van der Waals surface area contributed by atoms with Crippen LogP contribution in [-0.4, -0.2) is 4.98 Å². The zero-order chi connectivity index (χ0) is 8.27. The maximum Gasteiger partial charge on any atom is 0.129 e. The second kappa shape index (κ2) is 3.44. The molecule has 4 heteroatoms. The molecule has 0 amide bonds. The molecule has 0 bridgehead atoms. The highest BCUT2D eigenvalue weighted by Gasteiger charge is 2.04. The molecule has 0 aliphatic carbocycles. The van der Waals surface area contributed by atoms with Crippen molar-refractivity contribution in [3.05, 3.63) is 34.0 Å². The summed E-state index contributed by atoms with van der Waals surface area (Å²) < 4.78 is 0. The van der Waals surface area contributed by atoms with Gasteiger partial charge in [0.25, 0.3) is 0 Å². The fourth-order valence-corrected chi connectivity index (χ4v) is 0.920. The Balaban J connectivity index is 2.95. The Labute approximate surface area is 69.4 Å². The first kappa shape index (κ1) is 8.14. The standard InChI is InChI=1S/C7H7ClN2O/c1-5(10-11)6-2-3-9-7(8)4-6/h2-5H,1H3. The summed E-state index contributed by atoms with van der Waals surface area (Å²) in [6.07, 6.45) is 1.55. The molecule has 0 spiro atoms. The molecule has 11 heavy (non-hydrogen) atoms. The monoisotopic (exact) mass is 170 g/mol. The van der Waals surface area contributed by atoms with E-state index in [1.54, 1.807) is 25.3 Å². The molecule has 0 radical (unpaired) electrons. The number of aromatic nitrogens is 1. The van der Waals surface area contributed by atoms with E-state index in [0.29, 0.717) is 5.15 Å². The number of rotatable bonds is 2. The highest BCUT2D eigenvalue weighted by atomic mass is 35.5. The van der Waals surface area contributed by atoms with E-state index in [1.165, 1.54) is 0 Å². The van der Waals surface area contributed by atoms with Crippen molar-refractivity contribution in [3.8, 4) is 0 Å². The molecule has 0 saturated carbocycles. The third-order valence-corrected chi connectivity index (χ3v) is 1.60. The molecular formula is C7H7ClN2O. The molecule has 0 aliphatic rings. The molecule has 0 aromatic carbocycles. The van der Waals surface area contributed by atoms with Gasteiger partial charge in [0, 0.05) is 6.20 Å². The molecule has 0 fully saturated rings. The average Bonchev–Trinajstić information content (AvgIpc) is 2.03. The van der Waals surface area contributed by atoms with Crippen LogP contribution < -0.4 is 0 Å². The second-order valence-electron chi connectivity index (χ2n) is 2.19. The van der Waals surface area contributed by atoms with Gasteiger partial charge in [-0.25, -0.2) is 4.98 Å². The van der Waals surface area contributed by atoms with Crippen molar-refractivity contribution in [1.82, 2.24) is 4.98 Å². The number of pyridine rings is 1. The lowest BCUT2D eigenvalue weighted by Crippen LogP contribution is -1.88. The van der Waals surface area contributed by atoms with Crippen molar-refractivity contribution in [2.45, 2.75) is 13.0 Å². The summed E-state index contributed by atoms with van der Waals surface area (Å²) in [6.45, 7) is 1.71. The molecule has 58 valence electrons. The normalized spacial score (nSPS) is 12.5. The van der Waals surface area contributed by atoms with Crippen molar-refractivity contribution >= 4 is 11.6 Å². The molecule has 1 rings (SSSR count). The zero-order valence-corrected chi connectivity index (χ0v) is 6.75. The zero-order valence-electron chi connectivity index (χ0n) is 5.99. The van der Waals surface area contributed by atoms with E-state index in [9.17, 15) is 4.91 Å². The largest absolute Gasteiger partial charge is 0.245 e. The predicted molar refractivity (Wildman–Crippen MR) is 43.5 cm³/mol. The van der Waals surface area contributed by atoms with Gasteiger partial charge < -0.3 is 0 Å². The smallest absolute Gasteiger partial charge is 0.129 e. The van der Waals surface area contributed by atoms with Crippen molar-refractivity contribution in [2.24, 2.45) is 5.18 Å². The molecule has 1 aromatic rings. The van der Waals surface area contributed by atoms with Crippen LogP contribution in [0.15, 0.2) is 23.5 Å². The Kier molecular flexibility index (Phi) is 2.54. The van der Waals surface area contributed by atoms with Crippen molar-refractivity contribution in [1.29, 1.82) is 0 Å². The lowest BCUT2D eigenvalue weighted by molar-refractivity contribution is 0.809. The Morgan fingerprint density at radius 2 is 2.45 bits per heavy atom. The minimum Gasteiger partial charge on any atom is -0.245 e. The summed E-state index contributed by atoms with van der Waals surface area (Å²) in [6, 6.07) is 3.00. The van der Waals surface area contributed by atoms with Gasteiger partial charge in [-0.2, -0.15) is 4.91 Å². The minimum atomic E-state index is -0.351. The van der Waals surface area contributed by atoms with Gasteiger partial charge in [-0.05, 0) is 24.6 Å². The lowest BCUT2D eigenvalue weighted by Gasteiger charge is -2.00. The lowest BCUT2D eigenvalue weighted by atomic mass is 10.1. The number of halogens is 1. The van der Waals surface area contributed by atoms with E-state index in [4.69, 9.17) is 11.6 Å². The van der Waals surface area contributed by atoms with Crippen LogP contribution in [0.25, 0.3) is 0 Å². The molecule has 1 aromatic heterocycles. The minimum absolute atomic E-state index is 0.351. The van der Waals surface area contributed by atoms with E-state index in [2.05, 4.69) is 10.2 Å². The third kappa shape index (κ3) is 1.98. The number of hydrogen-bond acceptors (Lipinski definition) is 3. The van der Waals surface area contributed by atoms with Gasteiger partial charge in [-0.3, -0.25) is 0 Å². The maximum atomic E-state index is 10.1. The van der Waals surface area contributed by atoms with Crippen molar-refractivity contribution < 1.29 is 0 Å². The van der Waals surface area contributed by atoms with E-state index >= 15 is 0 Å². The second-order valence-corrected chi connectivity index (χ2v) is 2.58. The van der Waals surface area contributed by atoms with Crippen LogP contribution in [0.4, 0.5) is 0 Å². The van der Waals surface area contributed by atoms with Crippen LogP contribution in [0.5, 0.6) is 0 Å². The topological polar surface area (TPSA) is 42.3 Å². The van der Waals surface area contributed by atoms with Crippen molar-refractivity contribution in [3.63, 3.8) is 0 Å². The Hall–Kier alpha value is -0.960. The molecule has 0 saturated heterocycles. The molecular weight excluding hydrogens is 164 g/mol. The number of hydrogen-bond donors (Lipinski definition) is 0. The van der Waals surface area contributed by atoms with Crippen LogP contribution in [0, 0.1) is 4.91 Å². The SMILES string of the molecule is CC(N=O)c1ccnc(Cl)c1. The van der Waals surface area contributed by atoms with Gasteiger partial charge in [-0.1, -0.05) is 16.8 Å². The van der Waals surface area contributed by atoms with E-state index < -0.39 is 0 Å². The highest BCUT2D eigenvalue weighted by molar-refractivity contribution is 6.29. The fraction of sp³-hybridized carbons (Fsp3) is 0.286. The molecule has 1 heterocycles. The molecule has 0 aliphatic heterocycles. The Morgan fingerprint density at radius 1 is 1.73 bits per heavy atom. The average molecular weight is 171 g/mol. The first-order chi connectivity index (χ1) is 5.24. The summed E-state index contributed by atoms with van der Waals surface area (Å²) in [5, 5.41) is 3.25. The van der Waals surface area contributed by atoms with Crippen LogP contribution in [0.3, 0.4) is 0 Å². The predicted octanol–water partition coefficient (Wildman–Crippen LogP) is 2.56. The molecule has 0 N–H and O–H groups in total. The Bertz CT molecular complexity index is 264. The summed E-state index contributed by atoms with van der Waals surface area (Å²) in [5.74, 6) is 0. The fourth-order valence-electron chi connectivity index (χ4n) is 0.738. The Morgan fingerprint density at radius 3 is 3.00 bits per heavy atom. The highest BCUT2D eigenvalue weighted by Crippen LogP contribution is 2.17. The van der Waals surface area contributed by atoms with Gasteiger partial charge in [0.15, 0.2) is 0 Å². The summed E-state index contributed by atoms with van der Waals surface area (Å²) in [7, 11) is 0. The summed E-state index contributed by atoms with van der Waals surface area (Å²) in [4.78, 5) is 13.9. The number of nitrogens with zero attached hydrogens (tertiary/aromatic N) is 2. The van der Waals surface area contributed by atoms with Crippen LogP contribution in [0.1, 0.15) is 18.5 Å². The van der Waals surface area contributed by atoms with E-state index in [1.807, 2.05) is 0 Å². The first-order valence-corrected chi connectivity index (χ1v) is 3.55. The quantitative estimate of drug-likeness (QED) is 0.506. The summed E-state index contributed by atoms with van der Waals surface area (Å²) in [5.41, 5.74) is 0.792. The van der Waals surface area contributed by atoms with Gasteiger partial charge in [-0.15, -0.1) is 0 Å². The van der Waals surface area contributed by atoms with Crippen molar-refractivity contribution in [2.75, 3.05) is 0 Å². The maximum absolute atomic E-state index is 10.1. The van der Waals surface area contributed by atoms with E-state index in [0.717, 1.165) is 5.56 Å². The molecule has 1 unspecified atom stereocenters. The third-order valence-electron chi connectivity index (χ3n) is 1.39. The van der Waals surface area contributed by atoms with E-state index in [-0.39, 0.29) is 6.04 Å². The number of nitroso groups, excluding NO2 is 1. The van der Waals surface area contributed by atoms with Crippen LogP contribution in [0.2, 0.25) is 5.15 Å². The van der Waals surface area contributed by atoms with Gasteiger partial charge in [0.2, 0.25) is 0 Å². The van der Waals surface area contributed by atoms with Gasteiger partial charge in [0.1, 0.15) is 11.2 Å². The molecule has 3 nitrogen and oxygen atoms in total. The van der Waals surface area contributed by atoms with Crippen LogP contribution in [-0.2, 0) is 0 Å². The van der Waals surface area contributed by atoms with Gasteiger partial charge in [0.05, 0.1) is 0 Å². The molecule has 1 atom stereocenters. The van der Waals surface area contributed by atoms with Crippen LogP contribution >= 0.6 is 11.6 Å². The van der Waals surface area contributed by atoms with Gasteiger partial charge >= 0.3 is 0 Å². The first-order valence-electron chi connectivity index (χ1n) is 3.18. The summed E-state index contributed by atoms with van der Waals surface area (Å²) >= 11 is 5.59.